The van der Waals surface area contributed by atoms with Crippen LogP contribution >= 0.6 is 31.9 Å². The molecule has 0 amide bonds. The lowest BCUT2D eigenvalue weighted by atomic mass is 10.2. The molecule has 3 heterocycles. The summed E-state index contributed by atoms with van der Waals surface area (Å²) >= 11 is 7.23. The van der Waals surface area contributed by atoms with Crippen molar-refractivity contribution in [2.45, 2.75) is 32.4 Å². The van der Waals surface area contributed by atoms with Crippen molar-refractivity contribution in [1.29, 1.82) is 0 Å². The van der Waals surface area contributed by atoms with Gasteiger partial charge < -0.3 is 19.6 Å². The van der Waals surface area contributed by atoms with E-state index < -0.39 is 8.07 Å². The molecule has 0 aromatic carbocycles. The maximum Gasteiger partial charge on any atom is 0.201 e. The minimum absolute atomic E-state index is 0.451. The summed E-state index contributed by atoms with van der Waals surface area (Å²) in [4.78, 5) is 9.07. The van der Waals surface area contributed by atoms with Crippen LogP contribution in [0.2, 0.25) is 25.7 Å². The molecule has 0 spiro atoms. The van der Waals surface area contributed by atoms with E-state index in [1.165, 1.54) is 0 Å². The van der Waals surface area contributed by atoms with Gasteiger partial charge in [0.25, 0.3) is 0 Å². The quantitative estimate of drug-likeness (QED) is 0.387. The number of aromatic nitrogens is 4. The average molecular weight is 501 g/mol. The monoisotopic (exact) mass is 499 g/mol. The molecule has 0 saturated heterocycles. The Morgan fingerprint density at radius 3 is 2.69 bits per heavy atom. The number of nitrogen functional groups attached to an aromatic ring is 1. The molecule has 0 atom stereocenters. The summed E-state index contributed by atoms with van der Waals surface area (Å²) in [5.41, 5.74) is 9.44. The Morgan fingerprint density at radius 2 is 2.00 bits per heavy atom. The maximum absolute atomic E-state index is 5.99. The van der Waals surface area contributed by atoms with Gasteiger partial charge in [0.1, 0.15) is 22.5 Å². The van der Waals surface area contributed by atoms with Crippen LogP contribution in [0.15, 0.2) is 27.4 Å². The van der Waals surface area contributed by atoms with Gasteiger partial charge in [-0.3, -0.25) is 4.98 Å². The molecule has 3 aromatic heterocycles. The zero-order valence-corrected chi connectivity index (χ0v) is 19.6. The van der Waals surface area contributed by atoms with Crippen LogP contribution < -0.4 is 5.73 Å². The number of hydrogen-bond acceptors (Lipinski definition) is 4. The van der Waals surface area contributed by atoms with Crippen LogP contribution in [0.25, 0.3) is 22.4 Å². The van der Waals surface area contributed by atoms with Crippen molar-refractivity contribution in [2.24, 2.45) is 7.05 Å². The largest absolute Gasteiger partial charge is 0.369 e. The Hall–Kier alpha value is -1.16. The number of imidazole rings is 1. The first kappa shape index (κ1) is 19.6. The number of pyridine rings is 1. The second-order valence-corrected chi connectivity index (χ2v) is 14.7. The Kier molecular flexibility index (Phi) is 5.62. The van der Waals surface area contributed by atoms with Crippen LogP contribution in [0.4, 0.5) is 5.95 Å². The van der Waals surface area contributed by atoms with Crippen molar-refractivity contribution in [3.8, 4) is 11.4 Å². The van der Waals surface area contributed by atoms with Gasteiger partial charge in [-0.25, -0.2) is 4.98 Å². The van der Waals surface area contributed by atoms with Crippen LogP contribution in [-0.4, -0.2) is 33.8 Å². The summed E-state index contributed by atoms with van der Waals surface area (Å²) in [5.74, 6) is 0.469. The van der Waals surface area contributed by atoms with Crippen LogP contribution in [0.1, 0.15) is 0 Å². The zero-order valence-electron chi connectivity index (χ0n) is 15.4. The average Bonchev–Trinajstić information content (AvgIpc) is 3.01. The van der Waals surface area contributed by atoms with Crippen molar-refractivity contribution >= 4 is 56.9 Å². The molecular formula is C17H23Br2N5OSi. The van der Waals surface area contributed by atoms with E-state index in [1.807, 2.05) is 23.7 Å². The van der Waals surface area contributed by atoms with Crippen molar-refractivity contribution in [2.75, 3.05) is 12.3 Å². The molecule has 0 radical (unpaired) electrons. The van der Waals surface area contributed by atoms with Gasteiger partial charge >= 0.3 is 0 Å². The van der Waals surface area contributed by atoms with Crippen molar-refractivity contribution < 1.29 is 4.74 Å². The molecule has 140 valence electrons. The first-order chi connectivity index (χ1) is 12.2. The third-order valence-corrected chi connectivity index (χ3v) is 7.98. The van der Waals surface area contributed by atoms with Crippen molar-refractivity contribution in [3.63, 3.8) is 0 Å². The Bertz CT molecular complexity index is 945. The highest BCUT2D eigenvalue weighted by molar-refractivity contribution is 9.13. The third kappa shape index (κ3) is 3.90. The number of hydrogen-bond donors (Lipinski definition) is 1. The molecule has 9 heteroatoms. The number of nitrogens with two attached hydrogens (primary N) is 1. The summed E-state index contributed by atoms with van der Waals surface area (Å²) in [5, 5.41) is 0. The van der Waals surface area contributed by atoms with E-state index in [0.29, 0.717) is 12.7 Å². The fourth-order valence-electron chi connectivity index (χ4n) is 2.67. The molecule has 3 aromatic rings. The van der Waals surface area contributed by atoms with E-state index in [0.717, 1.165) is 44.1 Å². The molecule has 0 unspecified atom stereocenters. The molecule has 0 fully saturated rings. The first-order valence-corrected chi connectivity index (χ1v) is 13.7. The minimum Gasteiger partial charge on any atom is -0.369 e. The SMILES string of the molecule is Cn1c(N)nc2c(-c3cc(Br)c(Br)n3COCC[Si](C)(C)C)nccc21. The molecule has 6 nitrogen and oxygen atoms in total. The summed E-state index contributed by atoms with van der Waals surface area (Å²) < 4.78 is 11.7. The Labute approximate surface area is 171 Å². The molecule has 3 rings (SSSR count). The summed E-state index contributed by atoms with van der Waals surface area (Å²) in [6.07, 6.45) is 1.78. The molecule has 0 aliphatic rings. The highest BCUT2D eigenvalue weighted by Crippen LogP contribution is 2.35. The third-order valence-electron chi connectivity index (χ3n) is 4.28. The second-order valence-electron chi connectivity index (χ2n) is 7.50. The number of fused-ring (bicyclic) bond motifs is 1. The molecule has 0 aliphatic heterocycles. The van der Waals surface area contributed by atoms with Crippen LogP contribution in [0.3, 0.4) is 0 Å². The zero-order chi connectivity index (χ0) is 19.1. The highest BCUT2D eigenvalue weighted by Gasteiger charge is 2.19. The molecule has 26 heavy (non-hydrogen) atoms. The van der Waals surface area contributed by atoms with Gasteiger partial charge in [-0.15, -0.1) is 0 Å². The van der Waals surface area contributed by atoms with Gasteiger partial charge in [-0.05, 0) is 50.0 Å². The number of nitrogens with zero attached hydrogens (tertiary/aromatic N) is 4. The topological polar surface area (TPSA) is 70.9 Å². The Morgan fingerprint density at radius 1 is 1.27 bits per heavy atom. The van der Waals surface area contributed by atoms with Gasteiger partial charge in [-0.2, -0.15) is 0 Å². The first-order valence-electron chi connectivity index (χ1n) is 8.38. The second kappa shape index (κ2) is 7.45. The molecule has 2 N–H and O–H groups in total. The molecule has 0 aliphatic carbocycles. The van der Waals surface area contributed by atoms with Crippen LogP contribution in [-0.2, 0) is 18.5 Å². The summed E-state index contributed by atoms with van der Waals surface area (Å²) in [6.45, 7) is 8.25. The number of anilines is 1. The lowest BCUT2D eigenvalue weighted by molar-refractivity contribution is 0.0870. The highest BCUT2D eigenvalue weighted by atomic mass is 79.9. The molecular weight excluding hydrogens is 478 g/mol. The number of halogens is 2. The van der Waals surface area contributed by atoms with E-state index in [9.17, 15) is 0 Å². The predicted molar refractivity (Wildman–Crippen MR) is 116 cm³/mol. The molecule has 0 saturated carbocycles. The molecule has 0 bridgehead atoms. The fraction of sp³-hybridized carbons (Fsp3) is 0.412. The Balaban J connectivity index is 1.96. The van der Waals surface area contributed by atoms with Gasteiger partial charge in [-0.1, -0.05) is 19.6 Å². The van der Waals surface area contributed by atoms with E-state index in [-0.39, 0.29) is 0 Å². The summed E-state index contributed by atoms with van der Waals surface area (Å²) in [6, 6.07) is 5.08. The lowest BCUT2D eigenvalue weighted by Crippen LogP contribution is -2.22. The van der Waals surface area contributed by atoms with Crippen LogP contribution in [0.5, 0.6) is 0 Å². The minimum atomic E-state index is -1.12. The number of ether oxygens (including phenoxy) is 1. The predicted octanol–water partition coefficient (Wildman–Crippen LogP) is 4.86. The van der Waals surface area contributed by atoms with E-state index in [1.54, 1.807) is 6.20 Å². The van der Waals surface area contributed by atoms with Crippen molar-refractivity contribution in [1.82, 2.24) is 19.1 Å². The van der Waals surface area contributed by atoms with Gasteiger partial charge in [0.2, 0.25) is 5.95 Å². The fourth-order valence-corrected chi connectivity index (χ4v) is 4.27. The normalized spacial score (nSPS) is 12.2. The maximum atomic E-state index is 5.99. The number of aryl methyl sites for hydroxylation is 1. The van der Waals surface area contributed by atoms with Crippen molar-refractivity contribution in [3.05, 3.63) is 27.4 Å². The van der Waals surface area contributed by atoms with E-state index in [4.69, 9.17) is 10.5 Å². The number of rotatable bonds is 6. The lowest BCUT2D eigenvalue weighted by Gasteiger charge is -2.17. The smallest absolute Gasteiger partial charge is 0.201 e. The van der Waals surface area contributed by atoms with Gasteiger partial charge in [0.15, 0.2) is 0 Å². The van der Waals surface area contributed by atoms with Gasteiger partial charge in [0, 0.05) is 27.9 Å². The summed E-state index contributed by atoms with van der Waals surface area (Å²) in [7, 11) is 0.786. The standard InChI is InChI=1S/C17H23Br2N5OSi/c1-23-12-5-6-21-14(15(12)22-17(23)20)13-9-11(18)16(19)24(13)10-25-7-8-26(2,3)4/h5-6,9H,7-8,10H2,1-4H3,(H2,20,22). The van der Waals surface area contributed by atoms with Gasteiger partial charge in [0.05, 0.1) is 15.7 Å². The van der Waals surface area contributed by atoms with E-state index in [2.05, 4.69) is 66.0 Å². The van der Waals surface area contributed by atoms with E-state index >= 15 is 0 Å². The van der Waals surface area contributed by atoms with Crippen LogP contribution in [0, 0.1) is 0 Å².